The molecular weight excluding hydrogens is 280 g/mol. The SMILES string of the molecule is CCC(C)C(NC(=O)C(C)(C)N1CCCCC1CC)C(=O)O. The first-order chi connectivity index (χ1) is 10.3. The van der Waals surface area contributed by atoms with Crippen LogP contribution in [-0.2, 0) is 9.59 Å². The molecule has 0 spiro atoms. The van der Waals surface area contributed by atoms with Crippen LogP contribution in [0.15, 0.2) is 0 Å². The molecule has 0 aromatic carbocycles. The summed E-state index contributed by atoms with van der Waals surface area (Å²) >= 11 is 0. The number of piperidine rings is 1. The topological polar surface area (TPSA) is 69.6 Å². The minimum atomic E-state index is -0.954. The molecule has 1 saturated heterocycles. The molecule has 5 heteroatoms. The molecule has 1 aliphatic heterocycles. The molecule has 0 aromatic heterocycles. The molecule has 2 N–H and O–H groups in total. The highest BCUT2D eigenvalue weighted by atomic mass is 16.4. The summed E-state index contributed by atoms with van der Waals surface area (Å²) in [5.74, 6) is -1.22. The lowest BCUT2D eigenvalue weighted by atomic mass is 9.90. The van der Waals surface area contributed by atoms with Crippen LogP contribution >= 0.6 is 0 Å². The van der Waals surface area contributed by atoms with E-state index in [0.717, 1.165) is 32.2 Å². The molecular formula is C17H32N2O3. The van der Waals surface area contributed by atoms with Gasteiger partial charge in [-0.2, -0.15) is 0 Å². The molecule has 1 heterocycles. The summed E-state index contributed by atoms with van der Waals surface area (Å²) in [6.45, 7) is 10.7. The van der Waals surface area contributed by atoms with Crippen LogP contribution in [0, 0.1) is 5.92 Å². The van der Waals surface area contributed by atoms with Crippen molar-refractivity contribution in [3.05, 3.63) is 0 Å². The number of hydrogen-bond acceptors (Lipinski definition) is 3. The fraction of sp³-hybridized carbons (Fsp3) is 0.882. The Hall–Kier alpha value is -1.10. The molecule has 0 radical (unpaired) electrons. The van der Waals surface area contributed by atoms with Crippen LogP contribution in [0.5, 0.6) is 0 Å². The molecule has 1 amide bonds. The molecule has 5 nitrogen and oxygen atoms in total. The van der Waals surface area contributed by atoms with Crippen molar-refractivity contribution >= 4 is 11.9 Å². The lowest BCUT2D eigenvalue weighted by molar-refractivity contribution is -0.146. The number of carboxylic acid groups (broad SMARTS) is 1. The highest BCUT2D eigenvalue weighted by Gasteiger charge is 2.41. The Kier molecular flexibility index (Phi) is 6.85. The zero-order valence-electron chi connectivity index (χ0n) is 14.7. The number of carbonyl (C=O) groups is 2. The summed E-state index contributed by atoms with van der Waals surface area (Å²) in [5.41, 5.74) is -0.678. The smallest absolute Gasteiger partial charge is 0.326 e. The van der Waals surface area contributed by atoms with Gasteiger partial charge in [-0.05, 0) is 45.6 Å². The monoisotopic (exact) mass is 312 g/mol. The van der Waals surface area contributed by atoms with Crippen LogP contribution in [0.3, 0.4) is 0 Å². The highest BCUT2D eigenvalue weighted by Crippen LogP contribution is 2.28. The van der Waals surface area contributed by atoms with Crippen LogP contribution in [0.2, 0.25) is 0 Å². The number of nitrogens with one attached hydrogen (secondary N) is 1. The van der Waals surface area contributed by atoms with Gasteiger partial charge in [0, 0.05) is 6.04 Å². The first-order valence-corrected chi connectivity index (χ1v) is 8.56. The molecule has 0 aromatic rings. The molecule has 22 heavy (non-hydrogen) atoms. The van der Waals surface area contributed by atoms with E-state index in [1.807, 2.05) is 27.7 Å². The summed E-state index contributed by atoms with van der Waals surface area (Å²) in [4.78, 5) is 26.4. The Morgan fingerprint density at radius 3 is 2.45 bits per heavy atom. The fourth-order valence-electron chi connectivity index (χ4n) is 3.29. The largest absolute Gasteiger partial charge is 0.480 e. The van der Waals surface area contributed by atoms with E-state index in [9.17, 15) is 14.7 Å². The second-order valence-electron chi connectivity index (χ2n) is 6.99. The van der Waals surface area contributed by atoms with E-state index in [-0.39, 0.29) is 11.8 Å². The number of hydrogen-bond donors (Lipinski definition) is 2. The van der Waals surface area contributed by atoms with Gasteiger partial charge in [-0.1, -0.05) is 33.6 Å². The van der Waals surface area contributed by atoms with Gasteiger partial charge >= 0.3 is 5.97 Å². The maximum atomic E-state index is 12.7. The van der Waals surface area contributed by atoms with Crippen molar-refractivity contribution in [1.82, 2.24) is 10.2 Å². The van der Waals surface area contributed by atoms with Gasteiger partial charge in [0.15, 0.2) is 0 Å². The molecule has 0 bridgehead atoms. The van der Waals surface area contributed by atoms with E-state index in [2.05, 4.69) is 17.1 Å². The highest BCUT2D eigenvalue weighted by molar-refractivity contribution is 5.89. The minimum absolute atomic E-state index is 0.0828. The Bertz CT molecular complexity index is 395. The van der Waals surface area contributed by atoms with Gasteiger partial charge in [0.05, 0.1) is 5.54 Å². The predicted octanol–water partition coefficient (Wildman–Crippen LogP) is 2.65. The Morgan fingerprint density at radius 1 is 1.32 bits per heavy atom. The van der Waals surface area contributed by atoms with Gasteiger partial charge in [0.2, 0.25) is 5.91 Å². The average molecular weight is 312 g/mol. The summed E-state index contributed by atoms with van der Waals surface area (Å²) in [7, 11) is 0. The van der Waals surface area contributed by atoms with Crippen LogP contribution in [0.25, 0.3) is 0 Å². The maximum absolute atomic E-state index is 12.7. The third kappa shape index (κ3) is 4.22. The van der Waals surface area contributed by atoms with Gasteiger partial charge in [0.1, 0.15) is 6.04 Å². The van der Waals surface area contributed by atoms with Crippen LogP contribution in [-0.4, -0.2) is 46.1 Å². The number of carbonyl (C=O) groups excluding carboxylic acids is 1. The van der Waals surface area contributed by atoms with Crippen molar-refractivity contribution in [2.24, 2.45) is 5.92 Å². The van der Waals surface area contributed by atoms with Crippen molar-refractivity contribution in [3.8, 4) is 0 Å². The van der Waals surface area contributed by atoms with Gasteiger partial charge < -0.3 is 10.4 Å². The first-order valence-electron chi connectivity index (χ1n) is 8.56. The second kappa shape index (κ2) is 7.95. The standard InChI is InChI=1S/C17H32N2O3/c1-6-12(3)14(15(20)21)18-16(22)17(4,5)19-11-9-8-10-13(19)7-2/h12-14H,6-11H2,1-5H3,(H,18,22)(H,20,21). The van der Waals surface area contributed by atoms with Crippen LogP contribution in [0.1, 0.15) is 66.7 Å². The number of aliphatic carboxylic acids is 1. The number of likely N-dealkylation sites (tertiary alicyclic amines) is 1. The summed E-state index contributed by atoms with van der Waals surface area (Å²) in [6.07, 6.45) is 5.16. The fourth-order valence-corrected chi connectivity index (χ4v) is 3.29. The quantitative estimate of drug-likeness (QED) is 0.758. The number of carboxylic acids is 1. The molecule has 1 aliphatic rings. The van der Waals surface area contributed by atoms with E-state index in [4.69, 9.17) is 0 Å². The van der Waals surface area contributed by atoms with Gasteiger partial charge in [-0.15, -0.1) is 0 Å². The number of amides is 1. The third-order valence-electron chi connectivity index (χ3n) is 5.14. The van der Waals surface area contributed by atoms with Gasteiger partial charge in [-0.3, -0.25) is 9.69 Å². The van der Waals surface area contributed by atoms with Crippen molar-refractivity contribution in [2.75, 3.05) is 6.54 Å². The lowest BCUT2D eigenvalue weighted by Gasteiger charge is -2.45. The number of rotatable bonds is 7. The van der Waals surface area contributed by atoms with Crippen molar-refractivity contribution in [2.45, 2.75) is 84.3 Å². The Morgan fingerprint density at radius 2 is 1.95 bits per heavy atom. The zero-order chi connectivity index (χ0) is 16.9. The Balaban J connectivity index is 2.86. The van der Waals surface area contributed by atoms with E-state index in [1.165, 1.54) is 6.42 Å². The van der Waals surface area contributed by atoms with Crippen molar-refractivity contribution in [1.29, 1.82) is 0 Å². The second-order valence-corrected chi connectivity index (χ2v) is 6.99. The van der Waals surface area contributed by atoms with Crippen molar-refractivity contribution in [3.63, 3.8) is 0 Å². The molecule has 1 rings (SSSR count). The zero-order valence-corrected chi connectivity index (χ0v) is 14.7. The minimum Gasteiger partial charge on any atom is -0.480 e. The third-order valence-corrected chi connectivity index (χ3v) is 5.14. The van der Waals surface area contributed by atoms with E-state index >= 15 is 0 Å². The molecule has 0 saturated carbocycles. The van der Waals surface area contributed by atoms with E-state index < -0.39 is 17.6 Å². The molecule has 3 atom stereocenters. The average Bonchev–Trinajstić information content (AvgIpc) is 2.50. The van der Waals surface area contributed by atoms with Crippen molar-refractivity contribution < 1.29 is 14.7 Å². The van der Waals surface area contributed by atoms with Gasteiger partial charge in [-0.25, -0.2) is 4.79 Å². The van der Waals surface area contributed by atoms with E-state index in [0.29, 0.717) is 6.04 Å². The summed E-state index contributed by atoms with van der Waals surface area (Å²) < 4.78 is 0. The summed E-state index contributed by atoms with van der Waals surface area (Å²) in [6, 6.07) is -0.414. The summed E-state index contributed by atoms with van der Waals surface area (Å²) in [5, 5.41) is 12.1. The molecule has 0 aliphatic carbocycles. The van der Waals surface area contributed by atoms with E-state index in [1.54, 1.807) is 0 Å². The Labute approximate surface area is 134 Å². The predicted molar refractivity (Wildman–Crippen MR) is 87.7 cm³/mol. The molecule has 1 fully saturated rings. The maximum Gasteiger partial charge on any atom is 0.326 e. The number of nitrogens with zero attached hydrogens (tertiary/aromatic N) is 1. The van der Waals surface area contributed by atoms with Crippen LogP contribution < -0.4 is 5.32 Å². The molecule has 3 unspecified atom stereocenters. The lowest BCUT2D eigenvalue weighted by Crippen LogP contribution is -2.62. The van der Waals surface area contributed by atoms with Gasteiger partial charge in [0.25, 0.3) is 0 Å². The normalized spacial score (nSPS) is 22.9. The first kappa shape index (κ1) is 18.9. The molecule has 128 valence electrons. The van der Waals surface area contributed by atoms with Crippen LogP contribution in [0.4, 0.5) is 0 Å².